The molecular formula is C13H14N2O7S2. The van der Waals surface area contributed by atoms with Crippen molar-refractivity contribution in [2.24, 2.45) is 0 Å². The Bertz CT molecular complexity index is 666. The van der Waals surface area contributed by atoms with E-state index in [0.29, 0.717) is 4.90 Å². The fourth-order valence-corrected chi connectivity index (χ4v) is 3.80. The molecule has 24 heavy (non-hydrogen) atoms. The number of ether oxygens (including phenoxy) is 1. The van der Waals surface area contributed by atoms with Gasteiger partial charge in [0.05, 0.1) is 12.0 Å². The number of amides is 1. The van der Waals surface area contributed by atoms with Crippen LogP contribution >= 0.6 is 21.6 Å². The van der Waals surface area contributed by atoms with Crippen molar-refractivity contribution in [3.8, 4) is 0 Å². The molecule has 1 amide bonds. The minimum Gasteiger partial charge on any atom is -0.477 e. The van der Waals surface area contributed by atoms with Crippen LogP contribution < -0.4 is 5.32 Å². The number of nitrogens with zero attached hydrogens (tertiary/aromatic N) is 1. The quantitative estimate of drug-likeness (QED) is 0.301. The summed E-state index contributed by atoms with van der Waals surface area (Å²) in [5, 5.41) is 22.3. The van der Waals surface area contributed by atoms with Crippen LogP contribution in [0.4, 0.5) is 5.69 Å². The second-order valence-corrected chi connectivity index (χ2v) is 6.80. The van der Waals surface area contributed by atoms with Crippen molar-refractivity contribution in [1.82, 2.24) is 5.32 Å². The Kier molecular flexibility index (Phi) is 7.52. The molecule has 0 fully saturated rings. The zero-order valence-electron chi connectivity index (χ0n) is 12.7. The van der Waals surface area contributed by atoms with Gasteiger partial charge in [0.25, 0.3) is 5.69 Å². The standard InChI is InChI=1S/C13H14N2O7S2/c1-7(16)14-10(13(19)22-2)6-23-24-8-3-4-11(15(20)21)9(5-8)12(17)18/h3-5,10H,6H2,1-2H3,(H,14,16)(H,17,18). The molecule has 9 nitrogen and oxygen atoms in total. The summed E-state index contributed by atoms with van der Waals surface area (Å²) in [5.41, 5.74) is -0.917. The van der Waals surface area contributed by atoms with Crippen LogP contribution in [-0.4, -0.2) is 46.8 Å². The molecule has 0 aliphatic rings. The van der Waals surface area contributed by atoms with Crippen molar-refractivity contribution in [3.63, 3.8) is 0 Å². The first-order valence-electron chi connectivity index (χ1n) is 6.42. The molecule has 0 bridgehead atoms. The zero-order valence-corrected chi connectivity index (χ0v) is 14.3. The van der Waals surface area contributed by atoms with E-state index in [1.165, 1.54) is 37.0 Å². The van der Waals surface area contributed by atoms with Crippen molar-refractivity contribution in [2.75, 3.05) is 12.9 Å². The monoisotopic (exact) mass is 374 g/mol. The van der Waals surface area contributed by atoms with Gasteiger partial charge in [0, 0.05) is 23.6 Å². The molecule has 1 atom stereocenters. The number of carboxylic acids is 1. The zero-order chi connectivity index (χ0) is 18.3. The molecule has 0 heterocycles. The highest BCUT2D eigenvalue weighted by molar-refractivity contribution is 8.76. The van der Waals surface area contributed by atoms with Crippen molar-refractivity contribution in [1.29, 1.82) is 0 Å². The maximum Gasteiger partial charge on any atom is 0.342 e. The molecular weight excluding hydrogens is 360 g/mol. The fourth-order valence-electron chi connectivity index (χ4n) is 1.62. The maximum atomic E-state index is 11.5. The first kappa shape index (κ1) is 19.8. The van der Waals surface area contributed by atoms with Crippen molar-refractivity contribution >= 4 is 45.1 Å². The van der Waals surface area contributed by atoms with E-state index in [-0.39, 0.29) is 11.7 Å². The summed E-state index contributed by atoms with van der Waals surface area (Å²) in [5.74, 6) is -2.22. The van der Waals surface area contributed by atoms with Gasteiger partial charge in [-0.2, -0.15) is 0 Å². The number of nitro groups is 1. The van der Waals surface area contributed by atoms with E-state index in [9.17, 15) is 24.5 Å². The number of methoxy groups -OCH3 is 1. The summed E-state index contributed by atoms with van der Waals surface area (Å²) >= 11 is 0. The van der Waals surface area contributed by atoms with Crippen LogP contribution in [0.15, 0.2) is 23.1 Å². The number of hydrogen-bond donors (Lipinski definition) is 2. The number of aromatic carboxylic acids is 1. The van der Waals surface area contributed by atoms with E-state index in [1.54, 1.807) is 0 Å². The summed E-state index contributed by atoms with van der Waals surface area (Å²) in [4.78, 5) is 44.2. The van der Waals surface area contributed by atoms with Crippen LogP contribution in [0.5, 0.6) is 0 Å². The first-order chi connectivity index (χ1) is 11.3. The molecule has 0 radical (unpaired) electrons. The molecule has 2 N–H and O–H groups in total. The molecule has 0 spiro atoms. The number of carboxylic acid groups (broad SMARTS) is 1. The van der Waals surface area contributed by atoms with E-state index in [2.05, 4.69) is 10.1 Å². The molecule has 0 saturated carbocycles. The van der Waals surface area contributed by atoms with E-state index >= 15 is 0 Å². The molecule has 1 unspecified atom stereocenters. The van der Waals surface area contributed by atoms with Gasteiger partial charge in [-0.3, -0.25) is 14.9 Å². The lowest BCUT2D eigenvalue weighted by Gasteiger charge is -2.14. The van der Waals surface area contributed by atoms with Crippen molar-refractivity contribution < 1.29 is 29.2 Å². The topological polar surface area (TPSA) is 136 Å². The summed E-state index contributed by atoms with van der Waals surface area (Å²) in [6.07, 6.45) is 0. The third-order valence-corrected chi connectivity index (χ3v) is 5.02. The largest absolute Gasteiger partial charge is 0.477 e. The number of hydrogen-bond acceptors (Lipinski definition) is 8. The van der Waals surface area contributed by atoms with Crippen LogP contribution in [0.2, 0.25) is 0 Å². The fraction of sp³-hybridized carbons (Fsp3) is 0.308. The normalized spacial score (nSPS) is 11.4. The van der Waals surface area contributed by atoms with Crippen molar-refractivity contribution in [3.05, 3.63) is 33.9 Å². The average molecular weight is 374 g/mol. The number of esters is 1. The minimum absolute atomic E-state index is 0.177. The lowest BCUT2D eigenvalue weighted by atomic mass is 10.2. The Balaban J connectivity index is 2.78. The molecule has 0 saturated heterocycles. The molecule has 11 heteroatoms. The Labute approximate surface area is 144 Å². The Morgan fingerprint density at radius 3 is 2.58 bits per heavy atom. The molecule has 1 aromatic rings. The van der Waals surface area contributed by atoms with Gasteiger partial charge in [-0.25, -0.2) is 9.59 Å². The van der Waals surface area contributed by atoms with E-state index in [1.807, 2.05) is 0 Å². The maximum absolute atomic E-state index is 11.5. The first-order valence-corrected chi connectivity index (χ1v) is 8.74. The number of rotatable bonds is 8. The van der Waals surface area contributed by atoms with Crippen LogP contribution in [0.25, 0.3) is 0 Å². The van der Waals surface area contributed by atoms with Gasteiger partial charge in [0.1, 0.15) is 11.6 Å². The van der Waals surface area contributed by atoms with E-state index in [0.717, 1.165) is 16.9 Å². The third kappa shape index (κ3) is 5.74. The van der Waals surface area contributed by atoms with Gasteiger partial charge in [-0.1, -0.05) is 21.6 Å². The predicted molar refractivity (Wildman–Crippen MR) is 88.0 cm³/mol. The van der Waals surface area contributed by atoms with Crippen molar-refractivity contribution in [2.45, 2.75) is 17.9 Å². The smallest absolute Gasteiger partial charge is 0.342 e. The summed E-state index contributed by atoms with van der Waals surface area (Å²) in [6, 6.07) is 2.86. The van der Waals surface area contributed by atoms with Gasteiger partial charge >= 0.3 is 11.9 Å². The molecule has 1 aromatic carbocycles. The Morgan fingerprint density at radius 2 is 2.08 bits per heavy atom. The Morgan fingerprint density at radius 1 is 1.42 bits per heavy atom. The summed E-state index contributed by atoms with van der Waals surface area (Å²) in [6.45, 7) is 1.27. The molecule has 1 rings (SSSR count). The van der Waals surface area contributed by atoms with Crippen LogP contribution in [-0.2, 0) is 14.3 Å². The minimum atomic E-state index is -1.40. The number of benzene rings is 1. The number of nitro benzene ring substituents is 1. The molecule has 0 aliphatic heterocycles. The number of carbonyl (C=O) groups excluding carboxylic acids is 2. The number of carbonyl (C=O) groups is 3. The second-order valence-electron chi connectivity index (χ2n) is 4.39. The number of nitrogens with one attached hydrogen (secondary N) is 1. The molecule has 0 aliphatic carbocycles. The van der Waals surface area contributed by atoms with Gasteiger partial charge in [0.15, 0.2) is 0 Å². The van der Waals surface area contributed by atoms with Gasteiger partial charge in [-0.05, 0) is 12.1 Å². The second kappa shape index (κ2) is 9.13. The third-order valence-electron chi connectivity index (χ3n) is 2.65. The van der Waals surface area contributed by atoms with Crippen LogP contribution in [0.3, 0.4) is 0 Å². The highest BCUT2D eigenvalue weighted by Crippen LogP contribution is 2.34. The van der Waals surface area contributed by atoms with Gasteiger partial charge < -0.3 is 15.2 Å². The lowest BCUT2D eigenvalue weighted by Crippen LogP contribution is -2.42. The highest BCUT2D eigenvalue weighted by atomic mass is 33.1. The summed E-state index contributed by atoms with van der Waals surface area (Å²) in [7, 11) is 3.50. The summed E-state index contributed by atoms with van der Waals surface area (Å²) < 4.78 is 4.58. The molecule has 0 aromatic heterocycles. The van der Waals surface area contributed by atoms with Gasteiger partial charge in [-0.15, -0.1) is 0 Å². The molecule has 130 valence electrons. The predicted octanol–water partition coefficient (Wildman–Crippen LogP) is 1.71. The van der Waals surface area contributed by atoms with E-state index in [4.69, 9.17) is 5.11 Å². The average Bonchev–Trinajstić information content (AvgIpc) is 2.52. The van der Waals surface area contributed by atoms with Crippen LogP contribution in [0, 0.1) is 10.1 Å². The van der Waals surface area contributed by atoms with Gasteiger partial charge in [0.2, 0.25) is 5.91 Å². The Hall–Kier alpha value is -2.27. The van der Waals surface area contributed by atoms with E-state index < -0.39 is 34.2 Å². The highest BCUT2D eigenvalue weighted by Gasteiger charge is 2.22. The lowest BCUT2D eigenvalue weighted by molar-refractivity contribution is -0.385. The van der Waals surface area contributed by atoms with Crippen LogP contribution in [0.1, 0.15) is 17.3 Å². The SMILES string of the molecule is COC(=O)C(CSSc1ccc([N+](=O)[O-])c(C(=O)O)c1)NC(C)=O.